The molecule has 4 rings (SSSR count). The molecule has 0 unspecified atom stereocenters. The first-order chi connectivity index (χ1) is 14.8. The van der Waals surface area contributed by atoms with Crippen LogP contribution in [0.3, 0.4) is 0 Å². The minimum absolute atomic E-state index is 0.246. The van der Waals surface area contributed by atoms with Crippen molar-refractivity contribution in [1.29, 1.82) is 0 Å². The Kier molecular flexibility index (Phi) is 6.65. The van der Waals surface area contributed by atoms with E-state index in [-0.39, 0.29) is 6.10 Å². The van der Waals surface area contributed by atoms with Gasteiger partial charge in [-0.2, -0.15) is 0 Å². The van der Waals surface area contributed by atoms with Gasteiger partial charge in [-0.25, -0.2) is 9.98 Å². The number of likely N-dealkylation sites (tertiary alicyclic amines) is 1. The summed E-state index contributed by atoms with van der Waals surface area (Å²) in [5.74, 6) is 2.49. The number of guanidine groups is 1. The number of oxazole rings is 1. The fourth-order valence-corrected chi connectivity index (χ4v) is 3.55. The molecule has 6 nitrogen and oxygen atoms in total. The zero-order chi connectivity index (χ0) is 20.6. The molecule has 1 saturated heterocycles. The lowest BCUT2D eigenvalue weighted by Gasteiger charge is -2.34. The van der Waals surface area contributed by atoms with Crippen LogP contribution >= 0.6 is 0 Å². The zero-order valence-electron chi connectivity index (χ0n) is 17.3. The van der Waals surface area contributed by atoms with E-state index in [1.807, 2.05) is 60.7 Å². The van der Waals surface area contributed by atoms with Crippen molar-refractivity contribution in [2.24, 2.45) is 4.99 Å². The molecule has 156 valence electrons. The molecule has 0 amide bonds. The largest absolute Gasteiger partial charge is 0.490 e. The Bertz CT molecular complexity index is 932. The molecule has 0 bridgehead atoms. The second-order valence-electron chi connectivity index (χ2n) is 7.30. The molecule has 0 saturated carbocycles. The van der Waals surface area contributed by atoms with Gasteiger partial charge in [0.25, 0.3) is 0 Å². The van der Waals surface area contributed by atoms with Crippen LogP contribution in [-0.2, 0) is 6.54 Å². The third-order valence-electron chi connectivity index (χ3n) is 5.09. The third kappa shape index (κ3) is 5.20. The highest BCUT2D eigenvalue weighted by atomic mass is 16.5. The Labute approximate surface area is 177 Å². The first kappa shape index (κ1) is 20.0. The van der Waals surface area contributed by atoms with E-state index in [0.717, 1.165) is 55.4 Å². The van der Waals surface area contributed by atoms with E-state index in [0.29, 0.717) is 12.4 Å². The monoisotopic (exact) mass is 404 g/mol. The van der Waals surface area contributed by atoms with Gasteiger partial charge in [-0.3, -0.25) is 0 Å². The fraction of sp³-hybridized carbons (Fsp3) is 0.333. The molecule has 0 aliphatic carbocycles. The van der Waals surface area contributed by atoms with Gasteiger partial charge in [0.15, 0.2) is 5.96 Å². The lowest BCUT2D eigenvalue weighted by Crippen LogP contribution is -2.47. The van der Waals surface area contributed by atoms with Crippen molar-refractivity contribution in [2.75, 3.05) is 19.6 Å². The van der Waals surface area contributed by atoms with Gasteiger partial charge in [0.2, 0.25) is 5.89 Å². The van der Waals surface area contributed by atoms with Crippen molar-refractivity contribution in [3.8, 4) is 17.2 Å². The summed E-state index contributed by atoms with van der Waals surface area (Å²) in [5.41, 5.74) is 1.80. The van der Waals surface area contributed by atoms with Gasteiger partial charge >= 0.3 is 0 Å². The summed E-state index contributed by atoms with van der Waals surface area (Å²) in [6, 6.07) is 20.0. The van der Waals surface area contributed by atoms with E-state index in [1.54, 1.807) is 6.26 Å². The highest BCUT2D eigenvalue weighted by molar-refractivity contribution is 5.80. The number of benzene rings is 2. The van der Waals surface area contributed by atoms with Crippen molar-refractivity contribution in [3.05, 3.63) is 72.6 Å². The predicted molar refractivity (Wildman–Crippen MR) is 118 cm³/mol. The molecule has 0 spiro atoms. The van der Waals surface area contributed by atoms with Gasteiger partial charge in [0.05, 0.1) is 6.54 Å². The number of nitrogens with zero attached hydrogens (tertiary/aromatic N) is 3. The lowest BCUT2D eigenvalue weighted by molar-refractivity contribution is 0.129. The van der Waals surface area contributed by atoms with E-state index in [2.05, 4.69) is 22.1 Å². The minimum atomic E-state index is 0.246. The van der Waals surface area contributed by atoms with Gasteiger partial charge in [-0.15, -0.1) is 0 Å². The van der Waals surface area contributed by atoms with Crippen molar-refractivity contribution in [3.63, 3.8) is 0 Å². The van der Waals surface area contributed by atoms with Gasteiger partial charge in [0, 0.05) is 38.0 Å². The van der Waals surface area contributed by atoms with Crippen LogP contribution in [-0.4, -0.2) is 41.6 Å². The molecule has 2 heterocycles. The summed E-state index contributed by atoms with van der Waals surface area (Å²) >= 11 is 0. The first-order valence-electron chi connectivity index (χ1n) is 10.6. The van der Waals surface area contributed by atoms with Crippen LogP contribution in [0.25, 0.3) is 11.5 Å². The number of aromatic nitrogens is 1. The Morgan fingerprint density at radius 2 is 1.80 bits per heavy atom. The number of rotatable bonds is 6. The molecule has 30 heavy (non-hydrogen) atoms. The molecule has 0 atom stereocenters. The standard InChI is InChI=1S/C24H28N4O2/c1-2-25-24(26-17-20-18-29-23(27-20)19-9-5-3-6-10-19)28-15-13-22(14-16-28)30-21-11-7-4-8-12-21/h3-12,18,22H,2,13-17H2,1H3,(H,25,26). The summed E-state index contributed by atoms with van der Waals surface area (Å²) in [7, 11) is 0. The average molecular weight is 405 g/mol. The molecule has 2 aromatic carbocycles. The van der Waals surface area contributed by atoms with Crippen LogP contribution in [0.4, 0.5) is 0 Å². The first-order valence-corrected chi connectivity index (χ1v) is 10.6. The molecule has 3 aromatic rings. The number of hydrogen-bond acceptors (Lipinski definition) is 4. The maximum atomic E-state index is 6.11. The Morgan fingerprint density at radius 3 is 2.50 bits per heavy atom. The number of aliphatic imine (C=N–C) groups is 1. The van der Waals surface area contributed by atoms with E-state index in [9.17, 15) is 0 Å². The van der Waals surface area contributed by atoms with E-state index in [1.165, 1.54) is 0 Å². The Morgan fingerprint density at radius 1 is 1.10 bits per heavy atom. The predicted octanol–water partition coefficient (Wildman–Crippen LogP) is 4.35. The van der Waals surface area contributed by atoms with Gasteiger partial charge in [0.1, 0.15) is 23.8 Å². The Hall–Kier alpha value is -3.28. The van der Waals surface area contributed by atoms with Crippen molar-refractivity contribution in [2.45, 2.75) is 32.4 Å². The summed E-state index contributed by atoms with van der Waals surface area (Å²) in [5, 5.41) is 3.40. The summed E-state index contributed by atoms with van der Waals surface area (Å²) in [6.45, 7) is 5.23. The zero-order valence-corrected chi connectivity index (χ0v) is 17.3. The van der Waals surface area contributed by atoms with E-state index in [4.69, 9.17) is 14.1 Å². The SMILES string of the molecule is CCNC(=NCc1coc(-c2ccccc2)n1)N1CCC(Oc2ccccc2)CC1. The molecular formula is C24H28N4O2. The van der Waals surface area contributed by atoms with Gasteiger partial charge in [-0.1, -0.05) is 36.4 Å². The highest BCUT2D eigenvalue weighted by Crippen LogP contribution is 2.20. The van der Waals surface area contributed by atoms with Crippen molar-refractivity contribution < 1.29 is 9.15 Å². The maximum absolute atomic E-state index is 6.11. The molecule has 1 aromatic heterocycles. The second kappa shape index (κ2) is 9.96. The molecule has 0 radical (unpaired) electrons. The lowest BCUT2D eigenvalue weighted by atomic mass is 10.1. The number of piperidine rings is 1. The topological polar surface area (TPSA) is 62.9 Å². The average Bonchev–Trinajstić information content (AvgIpc) is 3.28. The summed E-state index contributed by atoms with van der Waals surface area (Å²) in [6.07, 6.45) is 3.88. The van der Waals surface area contributed by atoms with Crippen LogP contribution in [0.2, 0.25) is 0 Å². The second-order valence-corrected chi connectivity index (χ2v) is 7.30. The number of nitrogens with one attached hydrogen (secondary N) is 1. The van der Waals surface area contributed by atoms with Crippen LogP contribution < -0.4 is 10.1 Å². The van der Waals surface area contributed by atoms with Crippen LogP contribution in [0.5, 0.6) is 5.75 Å². The minimum Gasteiger partial charge on any atom is -0.490 e. The van der Waals surface area contributed by atoms with Crippen LogP contribution in [0.1, 0.15) is 25.5 Å². The number of para-hydroxylation sites is 1. The molecule has 1 fully saturated rings. The number of ether oxygens (including phenoxy) is 1. The summed E-state index contributed by atoms with van der Waals surface area (Å²) < 4.78 is 11.7. The van der Waals surface area contributed by atoms with Gasteiger partial charge < -0.3 is 19.4 Å². The normalized spacial score (nSPS) is 15.2. The van der Waals surface area contributed by atoms with E-state index < -0.39 is 0 Å². The quantitative estimate of drug-likeness (QED) is 0.489. The molecule has 1 aliphatic rings. The maximum Gasteiger partial charge on any atom is 0.226 e. The molecule has 1 N–H and O–H groups in total. The van der Waals surface area contributed by atoms with Crippen molar-refractivity contribution >= 4 is 5.96 Å². The summed E-state index contributed by atoms with van der Waals surface area (Å²) in [4.78, 5) is 11.7. The number of hydrogen-bond donors (Lipinski definition) is 1. The highest BCUT2D eigenvalue weighted by Gasteiger charge is 2.22. The molecule has 1 aliphatic heterocycles. The molecule has 6 heteroatoms. The molecular weight excluding hydrogens is 376 g/mol. The Balaban J connectivity index is 1.35. The van der Waals surface area contributed by atoms with Crippen LogP contribution in [0, 0.1) is 0 Å². The van der Waals surface area contributed by atoms with Crippen LogP contribution in [0.15, 0.2) is 76.3 Å². The fourth-order valence-electron chi connectivity index (χ4n) is 3.55. The van der Waals surface area contributed by atoms with Gasteiger partial charge in [-0.05, 0) is 31.2 Å². The van der Waals surface area contributed by atoms with E-state index >= 15 is 0 Å². The van der Waals surface area contributed by atoms with Crippen molar-refractivity contribution in [1.82, 2.24) is 15.2 Å². The smallest absolute Gasteiger partial charge is 0.226 e. The third-order valence-corrected chi connectivity index (χ3v) is 5.09.